The van der Waals surface area contributed by atoms with E-state index in [1.165, 1.54) is 0 Å². The van der Waals surface area contributed by atoms with E-state index in [2.05, 4.69) is 13.8 Å². The van der Waals surface area contributed by atoms with E-state index in [0.717, 1.165) is 17.1 Å². The first-order chi connectivity index (χ1) is 8.40. The third-order valence-electron chi connectivity index (χ3n) is 3.08. The van der Waals surface area contributed by atoms with Crippen molar-refractivity contribution in [3.05, 3.63) is 23.8 Å². The smallest absolute Gasteiger partial charge is 0.221 e. The number of halogens is 1. The van der Waals surface area contributed by atoms with Crippen LogP contribution in [0.4, 0.5) is 0 Å². The van der Waals surface area contributed by atoms with Gasteiger partial charge in [0.25, 0.3) is 0 Å². The van der Waals surface area contributed by atoms with Crippen molar-refractivity contribution in [1.82, 2.24) is 0 Å². The van der Waals surface area contributed by atoms with Crippen molar-refractivity contribution in [2.45, 2.75) is 32.1 Å². The number of benzene rings is 1. The molecule has 1 rings (SSSR count). The molecule has 0 saturated carbocycles. The quantitative estimate of drug-likeness (QED) is 0.742. The van der Waals surface area contributed by atoms with Crippen LogP contribution in [0.5, 0.6) is 11.5 Å². The van der Waals surface area contributed by atoms with E-state index in [1.54, 1.807) is 14.2 Å². The van der Waals surface area contributed by atoms with Crippen LogP contribution >= 0.6 is 11.6 Å². The summed E-state index contributed by atoms with van der Waals surface area (Å²) in [6, 6.07) is 5.67. The van der Waals surface area contributed by atoms with Gasteiger partial charge in [-0.15, -0.1) is 0 Å². The Morgan fingerprint density at radius 2 is 1.94 bits per heavy atom. The third-order valence-corrected chi connectivity index (χ3v) is 3.27. The molecule has 0 spiro atoms. The molecule has 0 atom stereocenters. The summed E-state index contributed by atoms with van der Waals surface area (Å²) in [4.78, 5) is 10.9. The number of hydrogen-bond acceptors (Lipinski definition) is 3. The minimum Gasteiger partial charge on any atom is -0.497 e. The van der Waals surface area contributed by atoms with Gasteiger partial charge in [-0.1, -0.05) is 13.8 Å². The molecule has 0 aromatic heterocycles. The summed E-state index contributed by atoms with van der Waals surface area (Å²) in [5, 5.41) is -0.315. The van der Waals surface area contributed by atoms with Crippen molar-refractivity contribution in [1.29, 1.82) is 0 Å². The third kappa shape index (κ3) is 3.64. The van der Waals surface area contributed by atoms with Crippen LogP contribution in [0.2, 0.25) is 0 Å². The van der Waals surface area contributed by atoms with E-state index in [9.17, 15) is 4.79 Å². The van der Waals surface area contributed by atoms with Gasteiger partial charge < -0.3 is 9.47 Å². The molecule has 100 valence electrons. The SMILES string of the molecule is COc1ccc(OC)c(C(C)(C)CCC(=O)Cl)c1. The lowest BCUT2D eigenvalue weighted by Gasteiger charge is -2.27. The Kier molecular flexibility index (Phi) is 5.03. The van der Waals surface area contributed by atoms with Gasteiger partial charge in [0.05, 0.1) is 14.2 Å². The summed E-state index contributed by atoms with van der Waals surface area (Å²) in [5.41, 5.74) is 0.812. The van der Waals surface area contributed by atoms with Crippen LogP contribution in [0.3, 0.4) is 0 Å². The molecule has 0 aliphatic carbocycles. The van der Waals surface area contributed by atoms with Crippen molar-refractivity contribution in [2.75, 3.05) is 14.2 Å². The summed E-state index contributed by atoms with van der Waals surface area (Å²) >= 11 is 5.41. The molecule has 0 fully saturated rings. The highest BCUT2D eigenvalue weighted by molar-refractivity contribution is 6.63. The molecular formula is C14H19ClO3. The second kappa shape index (κ2) is 6.10. The van der Waals surface area contributed by atoms with Crippen LogP contribution in [0, 0.1) is 0 Å². The Labute approximate surface area is 113 Å². The first kappa shape index (κ1) is 14.8. The van der Waals surface area contributed by atoms with E-state index in [0.29, 0.717) is 12.8 Å². The molecule has 0 radical (unpaired) electrons. The van der Waals surface area contributed by atoms with Crippen molar-refractivity contribution in [3.63, 3.8) is 0 Å². The number of carbonyl (C=O) groups excluding carboxylic acids is 1. The Morgan fingerprint density at radius 3 is 2.44 bits per heavy atom. The number of hydrogen-bond donors (Lipinski definition) is 0. The summed E-state index contributed by atoms with van der Waals surface area (Å²) in [6.45, 7) is 4.12. The summed E-state index contributed by atoms with van der Waals surface area (Å²) in [5.74, 6) is 1.57. The molecule has 0 amide bonds. The van der Waals surface area contributed by atoms with Gasteiger partial charge >= 0.3 is 0 Å². The van der Waals surface area contributed by atoms with Gasteiger partial charge in [0.1, 0.15) is 11.5 Å². The van der Waals surface area contributed by atoms with Gasteiger partial charge in [0, 0.05) is 12.0 Å². The maximum atomic E-state index is 10.9. The van der Waals surface area contributed by atoms with Crippen molar-refractivity contribution in [2.24, 2.45) is 0 Å². The second-order valence-corrected chi connectivity index (χ2v) is 5.23. The van der Waals surface area contributed by atoms with Crippen LogP contribution in [0.15, 0.2) is 18.2 Å². The van der Waals surface area contributed by atoms with Crippen LogP contribution in [-0.2, 0) is 10.2 Å². The van der Waals surface area contributed by atoms with Crippen molar-refractivity contribution >= 4 is 16.8 Å². The summed E-state index contributed by atoms with van der Waals surface area (Å²) in [7, 11) is 3.26. The average Bonchev–Trinajstić information content (AvgIpc) is 2.35. The first-order valence-corrected chi connectivity index (χ1v) is 6.19. The molecule has 0 unspecified atom stereocenters. The van der Waals surface area contributed by atoms with Gasteiger partial charge in [-0.25, -0.2) is 0 Å². The van der Waals surface area contributed by atoms with E-state index >= 15 is 0 Å². The largest absolute Gasteiger partial charge is 0.497 e. The fraction of sp³-hybridized carbons (Fsp3) is 0.500. The van der Waals surface area contributed by atoms with E-state index in [-0.39, 0.29) is 10.7 Å². The molecule has 1 aromatic carbocycles. The number of methoxy groups -OCH3 is 2. The number of ether oxygens (including phenoxy) is 2. The molecular weight excluding hydrogens is 252 g/mol. The molecule has 0 saturated heterocycles. The monoisotopic (exact) mass is 270 g/mol. The molecule has 0 N–H and O–H groups in total. The second-order valence-electron chi connectivity index (χ2n) is 4.81. The summed E-state index contributed by atoms with van der Waals surface area (Å²) < 4.78 is 10.6. The normalized spacial score (nSPS) is 11.2. The molecule has 0 heterocycles. The maximum Gasteiger partial charge on any atom is 0.221 e. The predicted molar refractivity (Wildman–Crippen MR) is 72.7 cm³/mol. The molecule has 4 heteroatoms. The average molecular weight is 271 g/mol. The van der Waals surface area contributed by atoms with E-state index < -0.39 is 0 Å². The highest BCUT2D eigenvalue weighted by Crippen LogP contribution is 2.37. The van der Waals surface area contributed by atoms with E-state index in [4.69, 9.17) is 21.1 Å². The lowest BCUT2D eigenvalue weighted by molar-refractivity contribution is -0.112. The van der Waals surface area contributed by atoms with Gasteiger partial charge in [-0.05, 0) is 41.6 Å². The zero-order valence-corrected chi connectivity index (χ0v) is 12.0. The van der Waals surface area contributed by atoms with Gasteiger partial charge in [0.2, 0.25) is 5.24 Å². The fourth-order valence-corrected chi connectivity index (χ4v) is 1.98. The zero-order chi connectivity index (χ0) is 13.8. The van der Waals surface area contributed by atoms with Gasteiger partial charge in [-0.3, -0.25) is 4.79 Å². The lowest BCUT2D eigenvalue weighted by atomic mass is 9.80. The maximum absolute atomic E-state index is 10.9. The highest BCUT2D eigenvalue weighted by Gasteiger charge is 2.25. The van der Waals surface area contributed by atoms with E-state index in [1.807, 2.05) is 18.2 Å². The Balaban J connectivity index is 3.07. The number of rotatable bonds is 6. The van der Waals surface area contributed by atoms with Crippen LogP contribution in [0.25, 0.3) is 0 Å². The predicted octanol–water partition coefficient (Wildman–Crippen LogP) is 3.53. The molecule has 0 bridgehead atoms. The lowest BCUT2D eigenvalue weighted by Crippen LogP contribution is -2.19. The Hall–Kier alpha value is -1.22. The first-order valence-electron chi connectivity index (χ1n) is 5.81. The van der Waals surface area contributed by atoms with Crippen LogP contribution in [-0.4, -0.2) is 19.5 Å². The minimum absolute atomic E-state index is 0.204. The molecule has 1 aromatic rings. The Morgan fingerprint density at radius 1 is 1.28 bits per heavy atom. The van der Waals surface area contributed by atoms with Crippen molar-refractivity contribution < 1.29 is 14.3 Å². The topological polar surface area (TPSA) is 35.5 Å². The Bertz CT molecular complexity index is 427. The molecule has 3 nitrogen and oxygen atoms in total. The van der Waals surface area contributed by atoms with Gasteiger partial charge in [-0.2, -0.15) is 0 Å². The molecule has 0 aliphatic heterocycles. The van der Waals surface area contributed by atoms with Crippen molar-refractivity contribution in [3.8, 4) is 11.5 Å². The molecule has 0 aliphatic rings. The zero-order valence-electron chi connectivity index (χ0n) is 11.2. The molecule has 18 heavy (non-hydrogen) atoms. The summed E-state index contributed by atoms with van der Waals surface area (Å²) in [6.07, 6.45) is 1.01. The van der Waals surface area contributed by atoms with Gasteiger partial charge in [0.15, 0.2) is 0 Å². The number of carbonyl (C=O) groups is 1. The van der Waals surface area contributed by atoms with Crippen LogP contribution < -0.4 is 9.47 Å². The highest BCUT2D eigenvalue weighted by atomic mass is 35.5. The standard InChI is InChI=1S/C14H19ClO3/c1-14(2,8-7-13(15)16)11-9-10(17-3)5-6-12(11)18-4/h5-6,9H,7-8H2,1-4H3. The fourth-order valence-electron chi connectivity index (χ4n) is 1.89. The minimum atomic E-state index is -0.315. The van der Waals surface area contributed by atoms with Crippen LogP contribution in [0.1, 0.15) is 32.3 Å².